The lowest BCUT2D eigenvalue weighted by molar-refractivity contribution is 0.0685. The predicted molar refractivity (Wildman–Crippen MR) is 117 cm³/mol. The van der Waals surface area contributed by atoms with E-state index in [0.717, 1.165) is 28.2 Å². The standard InChI is InChI=1S/C21H19N9OS/c1-12-4-3-7-30-16(12)10-15(27-30)18-17-13(22-11-23-17)6-9-29(18)21(31)20-25-24-19(32-20)14-5-8-28(2)26-14/h3-5,7-8,10-11,18H,6,9H2,1-2H3,(H,22,23)/t18-/m0/s1. The van der Waals surface area contributed by atoms with Gasteiger partial charge in [0.15, 0.2) is 5.01 Å². The fourth-order valence-corrected chi connectivity index (χ4v) is 4.93. The van der Waals surface area contributed by atoms with E-state index < -0.39 is 6.04 Å². The van der Waals surface area contributed by atoms with Gasteiger partial charge in [-0.25, -0.2) is 9.50 Å². The van der Waals surface area contributed by atoms with Gasteiger partial charge in [-0.1, -0.05) is 17.4 Å². The van der Waals surface area contributed by atoms with Gasteiger partial charge in [0.05, 0.1) is 23.2 Å². The monoisotopic (exact) mass is 445 g/mol. The van der Waals surface area contributed by atoms with Crippen LogP contribution in [0, 0.1) is 6.92 Å². The minimum absolute atomic E-state index is 0.183. The second kappa shape index (κ2) is 7.09. The van der Waals surface area contributed by atoms with Gasteiger partial charge in [-0.15, -0.1) is 10.2 Å². The molecule has 1 amide bonds. The molecular weight excluding hydrogens is 426 g/mol. The van der Waals surface area contributed by atoms with E-state index in [4.69, 9.17) is 5.10 Å². The van der Waals surface area contributed by atoms with E-state index in [1.807, 2.05) is 55.1 Å². The number of H-pyrrole nitrogens is 1. The summed E-state index contributed by atoms with van der Waals surface area (Å²) in [7, 11) is 1.84. The molecule has 0 radical (unpaired) electrons. The maximum atomic E-state index is 13.6. The first kappa shape index (κ1) is 18.9. The maximum absolute atomic E-state index is 13.6. The van der Waals surface area contributed by atoms with E-state index >= 15 is 0 Å². The molecule has 0 spiro atoms. The normalized spacial score (nSPS) is 15.9. The van der Waals surface area contributed by atoms with Gasteiger partial charge in [0, 0.05) is 38.1 Å². The van der Waals surface area contributed by atoms with Crippen LogP contribution >= 0.6 is 11.3 Å². The number of aromatic nitrogens is 8. The van der Waals surface area contributed by atoms with Gasteiger partial charge < -0.3 is 9.88 Å². The Kier molecular flexibility index (Phi) is 4.18. The van der Waals surface area contributed by atoms with E-state index in [-0.39, 0.29) is 5.91 Å². The molecule has 6 heterocycles. The molecule has 0 aliphatic carbocycles. The van der Waals surface area contributed by atoms with Crippen molar-refractivity contribution in [1.29, 1.82) is 0 Å². The highest BCUT2D eigenvalue weighted by molar-refractivity contribution is 7.16. The summed E-state index contributed by atoms with van der Waals surface area (Å²) in [6.07, 6.45) is 6.12. The van der Waals surface area contributed by atoms with Gasteiger partial charge in [-0.2, -0.15) is 10.2 Å². The molecule has 0 saturated carbocycles. The lowest BCUT2D eigenvalue weighted by Gasteiger charge is -2.33. The van der Waals surface area contributed by atoms with Crippen molar-refractivity contribution in [3.8, 4) is 10.7 Å². The van der Waals surface area contributed by atoms with Gasteiger partial charge in [0.1, 0.15) is 11.7 Å². The van der Waals surface area contributed by atoms with Crippen molar-refractivity contribution in [1.82, 2.24) is 44.5 Å². The number of nitrogens with zero attached hydrogens (tertiary/aromatic N) is 8. The zero-order valence-electron chi connectivity index (χ0n) is 17.4. The Bertz CT molecular complexity index is 1460. The Balaban J connectivity index is 1.41. The average molecular weight is 446 g/mol. The van der Waals surface area contributed by atoms with E-state index in [2.05, 4.69) is 25.3 Å². The van der Waals surface area contributed by atoms with Crippen molar-refractivity contribution < 1.29 is 4.79 Å². The third-order valence-corrected chi connectivity index (χ3v) is 6.67. The first-order chi connectivity index (χ1) is 15.6. The molecule has 5 aromatic rings. The zero-order valence-corrected chi connectivity index (χ0v) is 18.2. The van der Waals surface area contributed by atoms with Crippen LogP contribution in [0.5, 0.6) is 0 Å². The molecule has 0 unspecified atom stereocenters. The molecule has 5 aromatic heterocycles. The van der Waals surface area contributed by atoms with Gasteiger partial charge in [0.25, 0.3) is 5.91 Å². The Morgan fingerprint density at radius 2 is 2.12 bits per heavy atom. The number of amides is 1. The number of imidazole rings is 1. The fraction of sp³-hybridized carbons (Fsp3) is 0.238. The number of hydrogen-bond acceptors (Lipinski definition) is 7. The lowest BCUT2D eigenvalue weighted by atomic mass is 9.99. The highest BCUT2D eigenvalue weighted by Gasteiger charge is 2.37. The van der Waals surface area contributed by atoms with Gasteiger partial charge >= 0.3 is 0 Å². The van der Waals surface area contributed by atoms with Crippen molar-refractivity contribution in [3.05, 3.63) is 70.6 Å². The molecule has 0 bridgehead atoms. The van der Waals surface area contributed by atoms with E-state index in [0.29, 0.717) is 28.7 Å². The number of pyridine rings is 1. The zero-order chi connectivity index (χ0) is 21.8. The van der Waals surface area contributed by atoms with Gasteiger partial charge in [0.2, 0.25) is 5.01 Å². The molecule has 1 aliphatic rings. The van der Waals surface area contributed by atoms with Crippen LogP contribution in [0.1, 0.15) is 38.5 Å². The molecule has 160 valence electrons. The van der Waals surface area contributed by atoms with Crippen LogP contribution in [0.2, 0.25) is 0 Å². The number of carbonyl (C=O) groups is 1. The molecule has 1 aliphatic heterocycles. The topological polar surface area (TPSA) is 110 Å². The van der Waals surface area contributed by atoms with E-state index in [9.17, 15) is 4.79 Å². The van der Waals surface area contributed by atoms with Crippen LogP contribution in [0.25, 0.3) is 16.2 Å². The highest BCUT2D eigenvalue weighted by Crippen LogP contribution is 2.35. The fourth-order valence-electron chi connectivity index (χ4n) is 4.17. The Labute approximate surface area is 186 Å². The van der Waals surface area contributed by atoms with Crippen LogP contribution in [0.4, 0.5) is 0 Å². The summed E-state index contributed by atoms with van der Waals surface area (Å²) in [6, 6.07) is 7.49. The molecule has 1 N–H and O–H groups in total. The highest BCUT2D eigenvalue weighted by atomic mass is 32.1. The number of carbonyl (C=O) groups excluding carboxylic acids is 1. The number of aromatic amines is 1. The van der Waals surface area contributed by atoms with Crippen molar-refractivity contribution in [2.45, 2.75) is 19.4 Å². The second-order valence-corrected chi connectivity index (χ2v) is 8.77. The lowest BCUT2D eigenvalue weighted by Crippen LogP contribution is -2.41. The summed E-state index contributed by atoms with van der Waals surface area (Å²) in [5.41, 5.74) is 5.44. The Hall–Kier alpha value is -3.86. The first-order valence-corrected chi connectivity index (χ1v) is 11.0. The Morgan fingerprint density at radius 3 is 2.94 bits per heavy atom. The Morgan fingerprint density at radius 1 is 1.22 bits per heavy atom. The SMILES string of the molecule is Cc1cccn2nc([C@H]3c4nc[nH]c4CCN3C(=O)c3nnc(-c4ccn(C)n4)s3)cc12. The molecule has 10 nitrogen and oxygen atoms in total. The number of fused-ring (bicyclic) bond motifs is 2. The number of aryl methyl sites for hydroxylation is 2. The molecule has 0 aromatic carbocycles. The largest absolute Gasteiger partial charge is 0.348 e. The molecule has 6 rings (SSSR count). The summed E-state index contributed by atoms with van der Waals surface area (Å²) >= 11 is 1.25. The van der Waals surface area contributed by atoms with Crippen molar-refractivity contribution in [3.63, 3.8) is 0 Å². The van der Waals surface area contributed by atoms with E-state index in [1.165, 1.54) is 11.3 Å². The maximum Gasteiger partial charge on any atom is 0.285 e. The molecule has 0 fully saturated rings. The summed E-state index contributed by atoms with van der Waals surface area (Å²) < 4.78 is 3.54. The first-order valence-electron chi connectivity index (χ1n) is 10.2. The molecular formula is C21H19N9OS. The number of nitrogens with one attached hydrogen (secondary N) is 1. The van der Waals surface area contributed by atoms with Crippen LogP contribution in [0.15, 0.2) is 43.0 Å². The predicted octanol–water partition coefficient (Wildman–Crippen LogP) is 2.41. The number of rotatable bonds is 3. The van der Waals surface area contributed by atoms with Crippen LogP contribution in [-0.4, -0.2) is 56.9 Å². The summed E-state index contributed by atoms with van der Waals surface area (Å²) in [6.45, 7) is 2.58. The quantitative estimate of drug-likeness (QED) is 0.457. The average Bonchev–Trinajstić information content (AvgIpc) is 3.57. The second-order valence-electron chi connectivity index (χ2n) is 7.79. The van der Waals surface area contributed by atoms with Crippen LogP contribution in [0.3, 0.4) is 0 Å². The minimum Gasteiger partial charge on any atom is -0.348 e. The third kappa shape index (κ3) is 2.93. The smallest absolute Gasteiger partial charge is 0.285 e. The molecule has 0 saturated heterocycles. The molecule has 11 heteroatoms. The van der Waals surface area contributed by atoms with Crippen molar-refractivity contribution in [2.75, 3.05) is 6.54 Å². The van der Waals surface area contributed by atoms with Crippen molar-refractivity contribution in [2.24, 2.45) is 7.05 Å². The van der Waals surface area contributed by atoms with Crippen LogP contribution < -0.4 is 0 Å². The van der Waals surface area contributed by atoms with Gasteiger partial charge in [-0.3, -0.25) is 9.48 Å². The third-order valence-electron chi connectivity index (χ3n) is 5.74. The summed E-state index contributed by atoms with van der Waals surface area (Å²) in [5.74, 6) is -0.183. The van der Waals surface area contributed by atoms with Gasteiger partial charge in [-0.05, 0) is 30.7 Å². The van der Waals surface area contributed by atoms with Crippen LogP contribution in [-0.2, 0) is 13.5 Å². The number of hydrogen-bond donors (Lipinski definition) is 1. The molecule has 1 atom stereocenters. The summed E-state index contributed by atoms with van der Waals surface area (Å²) in [5, 5.41) is 18.5. The summed E-state index contributed by atoms with van der Waals surface area (Å²) in [4.78, 5) is 23.1. The van der Waals surface area contributed by atoms with Crippen molar-refractivity contribution >= 4 is 22.8 Å². The molecule has 32 heavy (non-hydrogen) atoms. The minimum atomic E-state index is -0.404. The van der Waals surface area contributed by atoms with E-state index in [1.54, 1.807) is 15.9 Å².